The van der Waals surface area contributed by atoms with Crippen LogP contribution in [0, 0.1) is 0 Å². The first kappa shape index (κ1) is 9.10. The number of nitrogens with one attached hydrogen (secondary N) is 2. The second kappa shape index (κ2) is 6.22. The van der Waals surface area contributed by atoms with Crippen LogP contribution in [0.3, 0.4) is 0 Å². The van der Waals surface area contributed by atoms with E-state index in [0.29, 0.717) is 0 Å². The van der Waals surface area contributed by atoms with E-state index in [1.54, 1.807) is 0 Å². The standard InChI is InChI=1S/2CH2N4.H2O/c2*1-2-4-5-3-1;/h2*1H,(H,2,3,4,5);1H2. The number of aromatic amines is 2. The van der Waals surface area contributed by atoms with Gasteiger partial charge in [-0.1, -0.05) is 0 Å². The average molecular weight is 158 g/mol. The van der Waals surface area contributed by atoms with Crippen LogP contribution >= 0.6 is 0 Å². The number of hydrogen-bond acceptors (Lipinski definition) is 6. The van der Waals surface area contributed by atoms with Crippen molar-refractivity contribution in [2.24, 2.45) is 0 Å². The third-order valence-corrected chi connectivity index (χ3v) is 0.539. The van der Waals surface area contributed by atoms with Crippen molar-refractivity contribution >= 4 is 0 Å². The summed E-state index contributed by atoms with van der Waals surface area (Å²) in [6.07, 6.45) is 2.81. The van der Waals surface area contributed by atoms with Gasteiger partial charge in [-0.05, 0) is 20.9 Å². The molecule has 11 heavy (non-hydrogen) atoms. The Morgan fingerprint density at radius 3 is 1.36 bits per heavy atom. The van der Waals surface area contributed by atoms with Gasteiger partial charge in [-0.25, -0.2) is 10.2 Å². The maximum atomic E-state index is 3.31. The van der Waals surface area contributed by atoms with Gasteiger partial charge in [-0.3, -0.25) is 0 Å². The Bertz CT molecular complexity index is 151. The lowest BCUT2D eigenvalue weighted by molar-refractivity contribution is 0.824. The number of hydrogen-bond donors (Lipinski definition) is 2. The topological polar surface area (TPSA) is 140 Å². The van der Waals surface area contributed by atoms with Crippen molar-refractivity contribution in [1.29, 1.82) is 0 Å². The molecule has 0 radical (unpaired) electrons. The molecule has 0 aromatic carbocycles. The van der Waals surface area contributed by atoms with Crippen LogP contribution in [0.15, 0.2) is 12.7 Å². The highest BCUT2D eigenvalue weighted by Gasteiger charge is 1.59. The average Bonchev–Trinajstić information content (AvgIpc) is 2.67. The fourth-order valence-electron chi connectivity index (χ4n) is 0.258. The zero-order valence-corrected chi connectivity index (χ0v) is 5.34. The van der Waals surface area contributed by atoms with Crippen LogP contribution in [0.2, 0.25) is 0 Å². The molecule has 0 atom stereocenters. The maximum absolute atomic E-state index is 3.31. The summed E-state index contributed by atoms with van der Waals surface area (Å²) in [6, 6.07) is 0. The Kier molecular flexibility index (Phi) is 5.15. The van der Waals surface area contributed by atoms with Gasteiger partial charge >= 0.3 is 0 Å². The summed E-state index contributed by atoms with van der Waals surface area (Å²) in [4.78, 5) is 0. The number of tetrazole rings is 2. The fraction of sp³-hybridized carbons (Fsp3) is 0. The van der Waals surface area contributed by atoms with Crippen molar-refractivity contribution in [1.82, 2.24) is 41.2 Å². The van der Waals surface area contributed by atoms with Gasteiger partial charge in [0.1, 0.15) is 12.7 Å². The molecule has 0 aliphatic heterocycles. The number of H-pyrrole nitrogens is 2. The van der Waals surface area contributed by atoms with E-state index < -0.39 is 0 Å². The van der Waals surface area contributed by atoms with Gasteiger partial charge in [0, 0.05) is 0 Å². The summed E-state index contributed by atoms with van der Waals surface area (Å²) in [7, 11) is 0. The summed E-state index contributed by atoms with van der Waals surface area (Å²) in [5.41, 5.74) is 0. The highest BCUT2D eigenvalue weighted by molar-refractivity contribution is 4.25. The minimum Gasteiger partial charge on any atom is -0.412 e. The molecule has 0 saturated heterocycles. The molecular weight excluding hydrogens is 152 g/mol. The van der Waals surface area contributed by atoms with Gasteiger partial charge in [0.25, 0.3) is 0 Å². The zero-order chi connectivity index (χ0) is 7.07. The Morgan fingerprint density at radius 2 is 1.27 bits per heavy atom. The van der Waals surface area contributed by atoms with E-state index >= 15 is 0 Å². The summed E-state index contributed by atoms with van der Waals surface area (Å²) in [5, 5.41) is 24.2. The summed E-state index contributed by atoms with van der Waals surface area (Å²) >= 11 is 0. The minimum atomic E-state index is 0. The normalized spacial score (nSPS) is 7.27. The lowest BCUT2D eigenvalue weighted by atomic mass is 11.4. The molecule has 0 unspecified atom stereocenters. The SMILES string of the molecule is O.c1nnn[nH]1.c1nnn[nH]1. The van der Waals surface area contributed by atoms with Crippen LogP contribution in [0.25, 0.3) is 0 Å². The molecule has 0 fully saturated rings. The van der Waals surface area contributed by atoms with E-state index in [-0.39, 0.29) is 5.48 Å². The van der Waals surface area contributed by atoms with Crippen LogP contribution in [0.1, 0.15) is 0 Å². The van der Waals surface area contributed by atoms with Gasteiger partial charge in [-0.15, -0.1) is 10.2 Å². The molecule has 0 spiro atoms. The van der Waals surface area contributed by atoms with Crippen LogP contribution < -0.4 is 0 Å². The molecule has 0 amide bonds. The first-order chi connectivity index (χ1) is 5.00. The molecule has 2 aromatic heterocycles. The quantitative estimate of drug-likeness (QED) is 0.436. The molecule has 0 saturated carbocycles. The van der Waals surface area contributed by atoms with E-state index in [9.17, 15) is 0 Å². The van der Waals surface area contributed by atoms with E-state index in [1.807, 2.05) is 0 Å². The van der Waals surface area contributed by atoms with Crippen molar-refractivity contribution in [3.05, 3.63) is 12.7 Å². The van der Waals surface area contributed by atoms with Crippen LogP contribution in [-0.2, 0) is 0 Å². The molecule has 2 heterocycles. The van der Waals surface area contributed by atoms with Gasteiger partial charge in [-0.2, -0.15) is 0 Å². The molecular formula is C2H6N8O. The first-order valence-electron chi connectivity index (χ1n) is 2.34. The highest BCUT2D eigenvalue weighted by Crippen LogP contribution is 1.44. The molecule has 9 nitrogen and oxygen atoms in total. The van der Waals surface area contributed by atoms with E-state index in [4.69, 9.17) is 0 Å². The number of rotatable bonds is 0. The van der Waals surface area contributed by atoms with Crippen molar-refractivity contribution in [3.8, 4) is 0 Å². The van der Waals surface area contributed by atoms with Gasteiger partial charge in [0.15, 0.2) is 0 Å². The number of aromatic nitrogens is 8. The lowest BCUT2D eigenvalue weighted by Crippen LogP contribution is -1.64. The summed E-state index contributed by atoms with van der Waals surface area (Å²) < 4.78 is 0. The molecule has 0 aliphatic rings. The monoisotopic (exact) mass is 158 g/mol. The van der Waals surface area contributed by atoms with Crippen molar-refractivity contribution in [2.75, 3.05) is 0 Å². The number of nitrogens with zero attached hydrogens (tertiary/aromatic N) is 6. The molecule has 0 aliphatic carbocycles. The first-order valence-corrected chi connectivity index (χ1v) is 2.34. The van der Waals surface area contributed by atoms with E-state index in [1.165, 1.54) is 12.7 Å². The third-order valence-electron chi connectivity index (χ3n) is 0.539. The molecule has 0 bridgehead atoms. The molecule has 9 heteroatoms. The predicted molar refractivity (Wildman–Crippen MR) is 32.0 cm³/mol. The van der Waals surface area contributed by atoms with Gasteiger partial charge < -0.3 is 5.48 Å². The minimum absolute atomic E-state index is 0. The Morgan fingerprint density at radius 1 is 0.818 bits per heavy atom. The van der Waals surface area contributed by atoms with Crippen LogP contribution in [0.4, 0.5) is 0 Å². The van der Waals surface area contributed by atoms with Crippen molar-refractivity contribution in [3.63, 3.8) is 0 Å². The Hall–Kier alpha value is -1.90. The molecule has 2 rings (SSSR count). The lowest BCUT2D eigenvalue weighted by Gasteiger charge is -1.42. The van der Waals surface area contributed by atoms with Gasteiger partial charge in [0.2, 0.25) is 0 Å². The van der Waals surface area contributed by atoms with Gasteiger partial charge in [0.05, 0.1) is 0 Å². The summed E-state index contributed by atoms with van der Waals surface area (Å²) in [5.74, 6) is 0. The smallest absolute Gasteiger partial charge is 0.135 e. The maximum Gasteiger partial charge on any atom is 0.135 e. The molecule has 2 aromatic rings. The molecule has 60 valence electrons. The zero-order valence-electron chi connectivity index (χ0n) is 5.34. The summed E-state index contributed by atoms with van der Waals surface area (Å²) in [6.45, 7) is 0. The second-order valence-electron chi connectivity index (χ2n) is 1.13. The highest BCUT2D eigenvalue weighted by atomic mass is 16.0. The van der Waals surface area contributed by atoms with E-state index in [2.05, 4.69) is 41.2 Å². The molecule has 4 N–H and O–H groups in total. The Balaban J connectivity index is 0.000000167. The van der Waals surface area contributed by atoms with Crippen molar-refractivity contribution in [2.45, 2.75) is 0 Å². The third kappa shape index (κ3) is 4.59. The second-order valence-corrected chi connectivity index (χ2v) is 1.13. The predicted octanol–water partition coefficient (Wildman–Crippen LogP) is -2.43. The fourth-order valence-corrected chi connectivity index (χ4v) is 0.258. The Labute approximate surface area is 60.5 Å². The van der Waals surface area contributed by atoms with Crippen LogP contribution in [-0.4, -0.2) is 46.7 Å². The van der Waals surface area contributed by atoms with Crippen LogP contribution in [0.5, 0.6) is 0 Å². The van der Waals surface area contributed by atoms with Crippen molar-refractivity contribution < 1.29 is 5.48 Å². The largest absolute Gasteiger partial charge is 0.412 e. The van der Waals surface area contributed by atoms with E-state index in [0.717, 1.165) is 0 Å².